The fourth-order valence-electron chi connectivity index (χ4n) is 1.93. The van der Waals surface area contributed by atoms with Gasteiger partial charge in [-0.3, -0.25) is 0 Å². The summed E-state index contributed by atoms with van der Waals surface area (Å²) in [5.41, 5.74) is 2.00. The van der Waals surface area contributed by atoms with Crippen LogP contribution in [0.2, 0.25) is 0 Å². The zero-order valence-electron chi connectivity index (χ0n) is 12.0. The third-order valence-electron chi connectivity index (χ3n) is 3.08. The Balaban J connectivity index is 1.90. The van der Waals surface area contributed by atoms with Gasteiger partial charge in [-0.15, -0.1) is 11.8 Å². The smallest absolute Gasteiger partial charge is 0.127 e. The molecule has 0 heterocycles. The van der Waals surface area contributed by atoms with Gasteiger partial charge in [0.15, 0.2) is 0 Å². The summed E-state index contributed by atoms with van der Waals surface area (Å²) in [7, 11) is 0. The molecule has 0 aliphatic heterocycles. The van der Waals surface area contributed by atoms with E-state index in [1.54, 1.807) is 17.8 Å². The average Bonchev–Trinajstić information content (AvgIpc) is 2.50. The van der Waals surface area contributed by atoms with Gasteiger partial charge in [0.25, 0.3) is 0 Å². The predicted molar refractivity (Wildman–Crippen MR) is 92.1 cm³/mol. The number of rotatable bonds is 7. The highest BCUT2D eigenvalue weighted by molar-refractivity contribution is 9.10. The molecule has 0 fully saturated rings. The summed E-state index contributed by atoms with van der Waals surface area (Å²) in [6, 6.07) is 13.5. The van der Waals surface area contributed by atoms with Crippen molar-refractivity contribution < 1.29 is 4.39 Å². The van der Waals surface area contributed by atoms with Crippen molar-refractivity contribution in [1.82, 2.24) is 5.32 Å². The summed E-state index contributed by atoms with van der Waals surface area (Å²) in [6.45, 7) is 4.10. The highest BCUT2D eigenvalue weighted by Crippen LogP contribution is 2.26. The minimum Gasteiger partial charge on any atom is -0.313 e. The summed E-state index contributed by atoms with van der Waals surface area (Å²) in [4.78, 5) is 1.16. The van der Waals surface area contributed by atoms with Crippen LogP contribution in [0.4, 0.5) is 4.39 Å². The SMILES string of the molecule is CCCNCc1ccc(SCc2cc(Br)ccc2F)cc1. The summed E-state index contributed by atoms with van der Waals surface area (Å²) in [5, 5.41) is 3.38. The molecule has 1 N–H and O–H groups in total. The standard InChI is InChI=1S/C17H19BrFNS/c1-2-9-20-11-13-3-6-16(7-4-13)21-12-14-10-15(18)5-8-17(14)19/h3-8,10,20H,2,9,11-12H2,1H3. The van der Waals surface area contributed by atoms with Gasteiger partial charge in [-0.1, -0.05) is 35.0 Å². The lowest BCUT2D eigenvalue weighted by Crippen LogP contribution is -2.13. The van der Waals surface area contributed by atoms with Crippen LogP contribution in [0.1, 0.15) is 24.5 Å². The Bertz CT molecular complexity index is 572. The van der Waals surface area contributed by atoms with Gasteiger partial charge in [-0.05, 0) is 54.4 Å². The zero-order chi connectivity index (χ0) is 15.1. The van der Waals surface area contributed by atoms with Crippen molar-refractivity contribution in [3.8, 4) is 0 Å². The van der Waals surface area contributed by atoms with Crippen LogP contribution in [0, 0.1) is 5.82 Å². The Morgan fingerprint density at radius 2 is 1.90 bits per heavy atom. The fourth-order valence-corrected chi connectivity index (χ4v) is 3.21. The molecule has 0 unspecified atom stereocenters. The fraction of sp³-hybridized carbons (Fsp3) is 0.294. The quantitative estimate of drug-likeness (QED) is 0.520. The third kappa shape index (κ3) is 5.46. The number of benzene rings is 2. The van der Waals surface area contributed by atoms with Crippen LogP contribution >= 0.6 is 27.7 Å². The van der Waals surface area contributed by atoms with Crippen molar-refractivity contribution >= 4 is 27.7 Å². The van der Waals surface area contributed by atoms with Crippen LogP contribution < -0.4 is 5.32 Å². The third-order valence-corrected chi connectivity index (χ3v) is 4.64. The minimum atomic E-state index is -0.147. The lowest BCUT2D eigenvalue weighted by molar-refractivity contribution is 0.617. The number of thioether (sulfide) groups is 1. The summed E-state index contributed by atoms with van der Waals surface area (Å²) in [6.07, 6.45) is 1.14. The second-order valence-electron chi connectivity index (χ2n) is 4.85. The van der Waals surface area contributed by atoms with Crippen LogP contribution in [0.5, 0.6) is 0 Å². The van der Waals surface area contributed by atoms with E-state index < -0.39 is 0 Å². The molecular weight excluding hydrogens is 349 g/mol. The molecule has 21 heavy (non-hydrogen) atoms. The van der Waals surface area contributed by atoms with E-state index in [9.17, 15) is 4.39 Å². The Labute approximate surface area is 138 Å². The van der Waals surface area contributed by atoms with Crippen LogP contribution in [-0.4, -0.2) is 6.54 Å². The van der Waals surface area contributed by atoms with Crippen molar-refractivity contribution in [2.24, 2.45) is 0 Å². The average molecular weight is 368 g/mol. The maximum Gasteiger partial charge on any atom is 0.127 e. The van der Waals surface area contributed by atoms with Gasteiger partial charge < -0.3 is 5.32 Å². The van der Waals surface area contributed by atoms with Crippen molar-refractivity contribution in [3.63, 3.8) is 0 Å². The normalized spacial score (nSPS) is 10.8. The molecule has 0 aliphatic rings. The monoisotopic (exact) mass is 367 g/mol. The summed E-state index contributed by atoms with van der Waals surface area (Å²) >= 11 is 5.03. The Morgan fingerprint density at radius 3 is 2.62 bits per heavy atom. The van der Waals surface area contributed by atoms with E-state index in [0.717, 1.165) is 34.4 Å². The minimum absolute atomic E-state index is 0.147. The number of hydrogen-bond acceptors (Lipinski definition) is 2. The molecule has 0 radical (unpaired) electrons. The van der Waals surface area contributed by atoms with Gasteiger partial charge in [-0.2, -0.15) is 0 Å². The number of halogens is 2. The molecule has 0 spiro atoms. The first-order valence-electron chi connectivity index (χ1n) is 7.05. The van der Waals surface area contributed by atoms with Gasteiger partial charge in [0.2, 0.25) is 0 Å². The van der Waals surface area contributed by atoms with Gasteiger partial charge in [0.1, 0.15) is 5.82 Å². The maximum atomic E-state index is 13.7. The van der Waals surface area contributed by atoms with Gasteiger partial charge in [0, 0.05) is 21.7 Å². The molecule has 112 valence electrons. The van der Waals surface area contributed by atoms with E-state index in [2.05, 4.69) is 52.4 Å². The number of nitrogens with one attached hydrogen (secondary N) is 1. The van der Waals surface area contributed by atoms with Crippen molar-refractivity contribution in [1.29, 1.82) is 0 Å². The molecule has 0 aliphatic carbocycles. The molecule has 2 aromatic rings. The van der Waals surface area contributed by atoms with E-state index in [0.29, 0.717) is 5.75 Å². The lowest BCUT2D eigenvalue weighted by atomic mass is 10.2. The molecule has 0 amide bonds. The van der Waals surface area contributed by atoms with Gasteiger partial charge in [0.05, 0.1) is 0 Å². The Kier molecular flexibility index (Phi) is 6.74. The van der Waals surface area contributed by atoms with Crippen molar-refractivity contribution in [2.75, 3.05) is 6.54 Å². The molecule has 0 aromatic heterocycles. The number of hydrogen-bond donors (Lipinski definition) is 1. The predicted octanol–water partition coefficient (Wildman–Crippen LogP) is 5.38. The van der Waals surface area contributed by atoms with E-state index in [1.165, 1.54) is 11.6 Å². The topological polar surface area (TPSA) is 12.0 Å². The van der Waals surface area contributed by atoms with E-state index in [-0.39, 0.29) is 5.82 Å². The Morgan fingerprint density at radius 1 is 1.14 bits per heavy atom. The summed E-state index contributed by atoms with van der Waals surface area (Å²) in [5.74, 6) is 0.490. The lowest BCUT2D eigenvalue weighted by Gasteiger charge is -2.06. The molecule has 0 saturated heterocycles. The zero-order valence-corrected chi connectivity index (χ0v) is 14.4. The first-order chi connectivity index (χ1) is 10.2. The largest absolute Gasteiger partial charge is 0.313 e. The van der Waals surface area contributed by atoms with E-state index in [4.69, 9.17) is 0 Å². The van der Waals surface area contributed by atoms with Crippen LogP contribution in [0.3, 0.4) is 0 Å². The molecule has 2 rings (SSSR count). The molecule has 0 saturated carbocycles. The maximum absolute atomic E-state index is 13.7. The highest BCUT2D eigenvalue weighted by Gasteiger charge is 2.04. The Hall–Kier alpha value is -0.840. The van der Waals surface area contributed by atoms with Crippen molar-refractivity contribution in [3.05, 3.63) is 63.9 Å². The molecule has 0 atom stereocenters. The van der Waals surface area contributed by atoms with Crippen LogP contribution in [0.25, 0.3) is 0 Å². The molecule has 4 heteroatoms. The molecule has 0 bridgehead atoms. The molecule has 2 aromatic carbocycles. The van der Waals surface area contributed by atoms with Crippen molar-refractivity contribution in [2.45, 2.75) is 30.5 Å². The second kappa shape index (κ2) is 8.57. The molecule has 1 nitrogen and oxygen atoms in total. The van der Waals surface area contributed by atoms with Crippen LogP contribution in [-0.2, 0) is 12.3 Å². The van der Waals surface area contributed by atoms with Gasteiger partial charge in [-0.25, -0.2) is 4.39 Å². The summed E-state index contributed by atoms with van der Waals surface area (Å²) < 4.78 is 14.6. The van der Waals surface area contributed by atoms with E-state index in [1.807, 2.05) is 6.07 Å². The highest BCUT2D eigenvalue weighted by atomic mass is 79.9. The first kappa shape index (κ1) is 16.5. The molecular formula is C17H19BrFNS. The first-order valence-corrected chi connectivity index (χ1v) is 8.83. The second-order valence-corrected chi connectivity index (χ2v) is 6.81. The van der Waals surface area contributed by atoms with Crippen LogP contribution in [0.15, 0.2) is 51.8 Å². The van der Waals surface area contributed by atoms with E-state index >= 15 is 0 Å². The van der Waals surface area contributed by atoms with Gasteiger partial charge >= 0.3 is 0 Å².